The zero-order valence-electron chi connectivity index (χ0n) is 9.82. The molecule has 0 aliphatic heterocycles. The van der Waals surface area contributed by atoms with E-state index in [4.69, 9.17) is 11.6 Å². The van der Waals surface area contributed by atoms with Gasteiger partial charge in [-0.2, -0.15) is 5.10 Å². The van der Waals surface area contributed by atoms with E-state index in [2.05, 4.69) is 18.9 Å². The largest absolute Gasteiger partial charge is 0.222 e. The molecule has 4 heteroatoms. The van der Waals surface area contributed by atoms with Gasteiger partial charge in [0.2, 0.25) is 0 Å². The highest BCUT2D eigenvalue weighted by molar-refractivity contribution is 6.29. The zero-order valence-corrected chi connectivity index (χ0v) is 10.6. The number of rotatable bonds is 3. The smallest absolute Gasteiger partial charge is 0.133 e. The third-order valence-electron chi connectivity index (χ3n) is 2.41. The van der Waals surface area contributed by atoms with Crippen LogP contribution in [-0.2, 0) is 6.42 Å². The Kier molecular flexibility index (Phi) is 3.48. The van der Waals surface area contributed by atoms with Gasteiger partial charge in [-0.1, -0.05) is 25.4 Å². The Hall–Kier alpha value is -1.35. The highest BCUT2D eigenvalue weighted by Gasteiger charge is 2.09. The van der Waals surface area contributed by atoms with Crippen molar-refractivity contribution in [1.29, 1.82) is 0 Å². The second-order valence-corrected chi connectivity index (χ2v) is 4.83. The summed E-state index contributed by atoms with van der Waals surface area (Å²) in [7, 11) is 0. The normalized spacial score (nSPS) is 11.1. The molecule has 0 unspecified atom stereocenters. The van der Waals surface area contributed by atoms with E-state index in [0.29, 0.717) is 11.1 Å². The van der Waals surface area contributed by atoms with Gasteiger partial charge in [-0.15, -0.1) is 0 Å². The van der Waals surface area contributed by atoms with Crippen LogP contribution in [0.5, 0.6) is 0 Å². The number of halogens is 2. The molecular weight excluding hydrogens is 239 g/mol. The predicted molar refractivity (Wildman–Crippen MR) is 67.1 cm³/mol. The second-order valence-electron chi connectivity index (χ2n) is 4.44. The van der Waals surface area contributed by atoms with Crippen molar-refractivity contribution in [2.45, 2.75) is 20.3 Å². The Morgan fingerprint density at radius 2 is 1.94 bits per heavy atom. The van der Waals surface area contributed by atoms with Crippen LogP contribution < -0.4 is 0 Å². The highest BCUT2D eigenvalue weighted by atomic mass is 35.5. The molecule has 1 aromatic heterocycles. The van der Waals surface area contributed by atoms with E-state index >= 15 is 0 Å². The van der Waals surface area contributed by atoms with Crippen molar-refractivity contribution >= 4 is 11.6 Å². The predicted octanol–water partition coefficient (Wildman–Crippen LogP) is 3.86. The second kappa shape index (κ2) is 4.88. The summed E-state index contributed by atoms with van der Waals surface area (Å²) in [6.07, 6.45) is 0.883. The monoisotopic (exact) mass is 252 g/mol. The molecule has 0 N–H and O–H groups in total. The van der Waals surface area contributed by atoms with Crippen LogP contribution in [0.25, 0.3) is 5.69 Å². The fourth-order valence-electron chi connectivity index (χ4n) is 1.69. The first-order chi connectivity index (χ1) is 8.06. The van der Waals surface area contributed by atoms with Crippen molar-refractivity contribution in [3.63, 3.8) is 0 Å². The van der Waals surface area contributed by atoms with E-state index in [1.54, 1.807) is 16.8 Å². The molecule has 0 atom stereocenters. The summed E-state index contributed by atoms with van der Waals surface area (Å²) in [5, 5.41) is 4.96. The van der Waals surface area contributed by atoms with E-state index in [0.717, 1.165) is 17.8 Å². The molecule has 0 amide bonds. The summed E-state index contributed by atoms with van der Waals surface area (Å²) < 4.78 is 14.4. The average molecular weight is 253 g/mol. The first kappa shape index (κ1) is 12.1. The topological polar surface area (TPSA) is 17.8 Å². The molecule has 0 fully saturated rings. The molecule has 0 radical (unpaired) electrons. The van der Waals surface area contributed by atoms with Crippen LogP contribution in [0.15, 0.2) is 30.3 Å². The van der Waals surface area contributed by atoms with Crippen LogP contribution in [0.4, 0.5) is 4.39 Å². The number of hydrogen-bond donors (Lipinski definition) is 0. The number of aromatic nitrogens is 2. The third-order valence-corrected chi connectivity index (χ3v) is 2.67. The molecule has 2 rings (SSSR count). The molecule has 1 aromatic carbocycles. The minimum Gasteiger partial charge on any atom is -0.222 e. The maximum Gasteiger partial charge on any atom is 0.133 e. The third kappa shape index (κ3) is 2.86. The van der Waals surface area contributed by atoms with E-state index in [1.807, 2.05) is 6.07 Å². The Labute approximate surface area is 105 Å². The molecule has 0 saturated heterocycles. The first-order valence-corrected chi connectivity index (χ1v) is 5.94. The van der Waals surface area contributed by atoms with Crippen molar-refractivity contribution in [3.05, 3.63) is 47.0 Å². The summed E-state index contributed by atoms with van der Waals surface area (Å²) in [5.74, 6) is 0.266. The number of hydrogen-bond acceptors (Lipinski definition) is 1. The minimum atomic E-state index is -0.264. The van der Waals surface area contributed by atoms with Crippen molar-refractivity contribution in [1.82, 2.24) is 9.78 Å². The standard InChI is InChI=1S/C13H14ClFN2/c1-9(2)7-11-8-13(14)17(16-11)12-5-3-10(15)4-6-12/h3-6,8-9H,7H2,1-2H3. The molecule has 0 bridgehead atoms. The zero-order chi connectivity index (χ0) is 12.4. The Morgan fingerprint density at radius 3 is 2.53 bits per heavy atom. The molecule has 1 heterocycles. The lowest BCUT2D eigenvalue weighted by molar-refractivity contribution is 0.624. The van der Waals surface area contributed by atoms with Gasteiger partial charge in [0.05, 0.1) is 11.4 Å². The van der Waals surface area contributed by atoms with Crippen molar-refractivity contribution in [2.24, 2.45) is 5.92 Å². The molecule has 0 spiro atoms. The molecule has 0 aliphatic carbocycles. The van der Waals surface area contributed by atoms with Gasteiger partial charge in [0.25, 0.3) is 0 Å². The Bertz CT molecular complexity index is 503. The van der Waals surface area contributed by atoms with Crippen LogP contribution >= 0.6 is 11.6 Å². The number of benzene rings is 1. The maximum absolute atomic E-state index is 12.8. The summed E-state index contributed by atoms with van der Waals surface area (Å²) in [5.41, 5.74) is 1.72. The van der Waals surface area contributed by atoms with E-state index in [-0.39, 0.29) is 5.82 Å². The fourth-order valence-corrected chi connectivity index (χ4v) is 1.95. The molecule has 0 saturated carbocycles. The van der Waals surface area contributed by atoms with Gasteiger partial charge in [0, 0.05) is 0 Å². The summed E-state index contributed by atoms with van der Waals surface area (Å²) in [4.78, 5) is 0. The molecular formula is C13H14ClFN2. The SMILES string of the molecule is CC(C)Cc1cc(Cl)n(-c2ccc(F)cc2)n1. The van der Waals surface area contributed by atoms with Gasteiger partial charge in [0.1, 0.15) is 11.0 Å². The van der Waals surface area contributed by atoms with Gasteiger partial charge < -0.3 is 0 Å². The molecule has 0 aliphatic rings. The Morgan fingerprint density at radius 1 is 1.29 bits per heavy atom. The summed E-state index contributed by atoms with van der Waals surface area (Å²) in [6.45, 7) is 4.26. The van der Waals surface area contributed by atoms with Crippen LogP contribution in [0.3, 0.4) is 0 Å². The summed E-state index contributed by atoms with van der Waals surface area (Å²) in [6, 6.07) is 7.97. The lowest BCUT2D eigenvalue weighted by Gasteiger charge is -2.03. The van der Waals surface area contributed by atoms with Gasteiger partial charge in [0.15, 0.2) is 0 Å². The van der Waals surface area contributed by atoms with Crippen molar-refractivity contribution in [3.8, 4) is 5.69 Å². The molecule has 2 aromatic rings. The highest BCUT2D eigenvalue weighted by Crippen LogP contribution is 2.19. The van der Waals surface area contributed by atoms with Crippen LogP contribution in [0, 0.1) is 11.7 Å². The molecule has 2 nitrogen and oxygen atoms in total. The average Bonchev–Trinajstić information content (AvgIpc) is 2.59. The molecule has 17 heavy (non-hydrogen) atoms. The fraction of sp³-hybridized carbons (Fsp3) is 0.308. The van der Waals surface area contributed by atoms with Crippen molar-refractivity contribution in [2.75, 3.05) is 0 Å². The maximum atomic E-state index is 12.8. The van der Waals surface area contributed by atoms with Crippen LogP contribution in [0.1, 0.15) is 19.5 Å². The van der Waals surface area contributed by atoms with Crippen molar-refractivity contribution < 1.29 is 4.39 Å². The van der Waals surface area contributed by atoms with Crippen LogP contribution in [0.2, 0.25) is 5.15 Å². The van der Waals surface area contributed by atoms with Gasteiger partial charge >= 0.3 is 0 Å². The Balaban J connectivity index is 2.32. The molecule has 90 valence electrons. The summed E-state index contributed by atoms with van der Waals surface area (Å²) >= 11 is 6.11. The van der Waals surface area contributed by atoms with E-state index in [1.165, 1.54) is 12.1 Å². The van der Waals surface area contributed by atoms with Gasteiger partial charge in [-0.25, -0.2) is 9.07 Å². The lowest BCUT2D eigenvalue weighted by atomic mass is 10.1. The quantitative estimate of drug-likeness (QED) is 0.811. The van der Waals surface area contributed by atoms with Gasteiger partial charge in [-0.3, -0.25) is 0 Å². The van der Waals surface area contributed by atoms with Gasteiger partial charge in [-0.05, 0) is 42.7 Å². The van der Waals surface area contributed by atoms with E-state index in [9.17, 15) is 4.39 Å². The minimum absolute atomic E-state index is 0.264. The van der Waals surface area contributed by atoms with Crippen LogP contribution in [-0.4, -0.2) is 9.78 Å². The first-order valence-electron chi connectivity index (χ1n) is 5.56. The lowest BCUT2D eigenvalue weighted by Crippen LogP contribution is -1.99. The van der Waals surface area contributed by atoms with E-state index < -0.39 is 0 Å². The number of nitrogens with zero attached hydrogens (tertiary/aromatic N) is 2.